The van der Waals surface area contributed by atoms with Crippen LogP contribution in [-0.4, -0.2) is 55.5 Å². The number of benzene rings is 1. The molecule has 37 heavy (non-hydrogen) atoms. The van der Waals surface area contributed by atoms with Crippen molar-refractivity contribution in [3.63, 3.8) is 0 Å². The molecule has 0 N–H and O–H groups in total. The van der Waals surface area contributed by atoms with Crippen molar-refractivity contribution in [3.05, 3.63) is 51.9 Å². The fourth-order valence-electron chi connectivity index (χ4n) is 5.10. The molecule has 0 radical (unpaired) electrons. The monoisotopic (exact) mass is 523 g/mol. The third-order valence-electron chi connectivity index (χ3n) is 7.07. The molecule has 1 aromatic carbocycles. The Labute approximate surface area is 220 Å². The molecule has 4 heterocycles. The Balaban J connectivity index is 1.62. The summed E-state index contributed by atoms with van der Waals surface area (Å²) in [6.45, 7) is 11.6. The number of esters is 1. The summed E-state index contributed by atoms with van der Waals surface area (Å²) in [5, 5.41) is 0.981. The molecule has 8 nitrogen and oxygen atoms in total. The fraction of sp³-hybridized carbons (Fsp3) is 0.464. The molecule has 9 heteroatoms. The van der Waals surface area contributed by atoms with E-state index in [9.17, 15) is 9.59 Å². The molecule has 1 unspecified atom stereocenters. The SMILES string of the molecule is CCOC(=O)c1cn2c(cc1=O)-c1cc(OC)c(-c3cnc(N4CCOCC4)s3)cc1CC2C(C)(C)C. The molecule has 0 aliphatic carbocycles. The highest BCUT2D eigenvalue weighted by Crippen LogP contribution is 2.47. The van der Waals surface area contributed by atoms with Crippen LogP contribution in [0, 0.1) is 5.41 Å². The highest BCUT2D eigenvalue weighted by molar-refractivity contribution is 7.19. The van der Waals surface area contributed by atoms with Crippen LogP contribution in [-0.2, 0) is 15.9 Å². The molecule has 2 aliphatic heterocycles. The predicted molar refractivity (Wildman–Crippen MR) is 145 cm³/mol. The summed E-state index contributed by atoms with van der Waals surface area (Å²) >= 11 is 1.65. The van der Waals surface area contributed by atoms with Gasteiger partial charge in [-0.05, 0) is 36.5 Å². The van der Waals surface area contributed by atoms with Crippen molar-refractivity contribution < 1.29 is 19.0 Å². The first-order valence-electron chi connectivity index (χ1n) is 12.6. The van der Waals surface area contributed by atoms with E-state index in [1.807, 2.05) is 12.3 Å². The molecule has 0 saturated carbocycles. The lowest BCUT2D eigenvalue weighted by molar-refractivity contribution is 0.0523. The molecule has 2 aliphatic rings. The molecule has 0 spiro atoms. The van der Waals surface area contributed by atoms with E-state index in [2.05, 4.69) is 36.3 Å². The third-order valence-corrected chi connectivity index (χ3v) is 8.16. The van der Waals surface area contributed by atoms with E-state index in [1.54, 1.807) is 37.6 Å². The Morgan fingerprint density at radius 3 is 2.62 bits per heavy atom. The number of fused-ring (bicyclic) bond motifs is 3. The van der Waals surface area contributed by atoms with E-state index in [0.29, 0.717) is 13.2 Å². The Bertz CT molecular complexity index is 1380. The molecule has 5 rings (SSSR count). The summed E-state index contributed by atoms with van der Waals surface area (Å²) in [4.78, 5) is 33.5. The van der Waals surface area contributed by atoms with E-state index in [0.717, 1.165) is 57.7 Å². The van der Waals surface area contributed by atoms with Crippen LogP contribution < -0.4 is 15.1 Å². The maximum atomic E-state index is 13.0. The number of rotatable bonds is 5. The van der Waals surface area contributed by atoms with Crippen molar-refractivity contribution in [1.82, 2.24) is 9.55 Å². The first-order valence-corrected chi connectivity index (χ1v) is 13.5. The largest absolute Gasteiger partial charge is 0.496 e. The Kier molecular flexibility index (Phi) is 6.85. The summed E-state index contributed by atoms with van der Waals surface area (Å²) in [6.07, 6.45) is 4.34. The van der Waals surface area contributed by atoms with Crippen molar-refractivity contribution in [1.29, 1.82) is 0 Å². The minimum Gasteiger partial charge on any atom is -0.496 e. The summed E-state index contributed by atoms with van der Waals surface area (Å²) in [6, 6.07) is 5.78. The molecule has 3 aromatic rings. The van der Waals surface area contributed by atoms with Gasteiger partial charge in [0.1, 0.15) is 11.3 Å². The average Bonchev–Trinajstić information content (AvgIpc) is 3.37. The van der Waals surface area contributed by atoms with Crippen LogP contribution in [0.1, 0.15) is 49.7 Å². The van der Waals surface area contributed by atoms with Gasteiger partial charge in [0.2, 0.25) is 0 Å². The first kappa shape index (κ1) is 25.5. The van der Waals surface area contributed by atoms with Crippen LogP contribution in [0.15, 0.2) is 35.4 Å². The van der Waals surface area contributed by atoms with Gasteiger partial charge < -0.3 is 23.7 Å². The van der Waals surface area contributed by atoms with Gasteiger partial charge in [-0.15, -0.1) is 0 Å². The number of ether oxygens (including phenoxy) is 3. The number of carbonyl (C=O) groups excluding carboxylic acids is 1. The molecule has 0 amide bonds. The Hall–Kier alpha value is -3.17. The van der Waals surface area contributed by atoms with Gasteiger partial charge in [0.05, 0.1) is 37.5 Å². The summed E-state index contributed by atoms with van der Waals surface area (Å²) in [7, 11) is 1.66. The maximum absolute atomic E-state index is 13.0. The number of anilines is 1. The van der Waals surface area contributed by atoms with E-state index >= 15 is 0 Å². The normalized spacial score (nSPS) is 17.2. The van der Waals surface area contributed by atoms with Crippen molar-refractivity contribution in [3.8, 4) is 27.4 Å². The van der Waals surface area contributed by atoms with Crippen LogP contribution in [0.3, 0.4) is 0 Å². The second-order valence-corrected chi connectivity index (χ2v) is 11.5. The molecular formula is C28H33N3O5S. The smallest absolute Gasteiger partial charge is 0.343 e. The average molecular weight is 524 g/mol. The molecule has 196 valence electrons. The molecular weight excluding hydrogens is 490 g/mol. The number of morpholine rings is 1. The number of thiazole rings is 1. The molecule has 1 atom stereocenters. The lowest BCUT2D eigenvalue weighted by atomic mass is 9.78. The lowest BCUT2D eigenvalue weighted by Gasteiger charge is -2.39. The second-order valence-electron chi connectivity index (χ2n) is 10.5. The number of hydrogen-bond donors (Lipinski definition) is 0. The zero-order valence-electron chi connectivity index (χ0n) is 22.0. The molecule has 0 bridgehead atoms. The van der Waals surface area contributed by atoms with Crippen molar-refractivity contribution in [2.75, 3.05) is 44.9 Å². The van der Waals surface area contributed by atoms with Crippen molar-refractivity contribution >= 4 is 22.4 Å². The van der Waals surface area contributed by atoms with E-state index in [1.165, 1.54) is 0 Å². The van der Waals surface area contributed by atoms with Gasteiger partial charge in [-0.3, -0.25) is 4.79 Å². The van der Waals surface area contributed by atoms with Gasteiger partial charge in [0.15, 0.2) is 10.6 Å². The van der Waals surface area contributed by atoms with Gasteiger partial charge in [0.25, 0.3) is 0 Å². The van der Waals surface area contributed by atoms with Crippen LogP contribution in [0.4, 0.5) is 5.13 Å². The summed E-state index contributed by atoms with van der Waals surface area (Å²) < 4.78 is 18.5. The predicted octanol–water partition coefficient (Wildman–Crippen LogP) is 4.80. The third kappa shape index (κ3) is 4.78. The molecule has 1 fully saturated rings. The van der Waals surface area contributed by atoms with Gasteiger partial charge in [-0.2, -0.15) is 0 Å². The highest BCUT2D eigenvalue weighted by Gasteiger charge is 2.34. The van der Waals surface area contributed by atoms with Crippen LogP contribution >= 0.6 is 11.3 Å². The molecule has 1 saturated heterocycles. The van der Waals surface area contributed by atoms with E-state index in [-0.39, 0.29) is 29.1 Å². The Morgan fingerprint density at radius 1 is 1.19 bits per heavy atom. The van der Waals surface area contributed by atoms with Crippen LogP contribution in [0.25, 0.3) is 21.7 Å². The summed E-state index contributed by atoms with van der Waals surface area (Å²) in [5.74, 6) is 0.133. The number of methoxy groups -OCH3 is 1. The van der Waals surface area contributed by atoms with Gasteiger partial charge in [-0.1, -0.05) is 32.1 Å². The maximum Gasteiger partial charge on any atom is 0.343 e. The zero-order chi connectivity index (χ0) is 26.3. The van der Waals surface area contributed by atoms with Crippen molar-refractivity contribution in [2.45, 2.75) is 40.2 Å². The van der Waals surface area contributed by atoms with E-state index < -0.39 is 5.97 Å². The topological polar surface area (TPSA) is 82.9 Å². The van der Waals surface area contributed by atoms with Crippen molar-refractivity contribution in [2.24, 2.45) is 5.41 Å². The number of pyridine rings is 1. The van der Waals surface area contributed by atoms with Gasteiger partial charge in [-0.25, -0.2) is 9.78 Å². The number of aromatic nitrogens is 2. The van der Waals surface area contributed by atoms with Gasteiger partial charge >= 0.3 is 5.97 Å². The number of nitrogens with zero attached hydrogens (tertiary/aromatic N) is 3. The minimum absolute atomic E-state index is 0.0374. The fourth-order valence-corrected chi connectivity index (χ4v) is 6.09. The zero-order valence-corrected chi connectivity index (χ0v) is 22.8. The highest BCUT2D eigenvalue weighted by atomic mass is 32.1. The lowest BCUT2D eigenvalue weighted by Crippen LogP contribution is -2.36. The molecule has 2 aromatic heterocycles. The Morgan fingerprint density at radius 2 is 1.95 bits per heavy atom. The quantitative estimate of drug-likeness (QED) is 0.444. The first-order chi connectivity index (χ1) is 17.7. The number of carbonyl (C=O) groups is 1. The minimum atomic E-state index is -0.588. The van der Waals surface area contributed by atoms with E-state index in [4.69, 9.17) is 19.2 Å². The second kappa shape index (κ2) is 9.95. The van der Waals surface area contributed by atoms with Gasteiger partial charge in [0, 0.05) is 48.7 Å². The van der Waals surface area contributed by atoms with Crippen LogP contribution in [0.2, 0.25) is 0 Å². The standard InChI is InChI=1S/C28H33N3O5S/c1-6-36-26(33)20-16-31-21(14-22(20)32)18-13-23(34-5)19(11-17(18)12-25(31)28(2,3)4)24-15-29-27(37-24)30-7-9-35-10-8-30/h11,13-16,25H,6-10,12H2,1-5H3. The summed E-state index contributed by atoms with van der Waals surface area (Å²) in [5.41, 5.74) is 3.44. The van der Waals surface area contributed by atoms with Crippen LogP contribution in [0.5, 0.6) is 5.75 Å². The number of hydrogen-bond acceptors (Lipinski definition) is 8.